The van der Waals surface area contributed by atoms with Crippen molar-refractivity contribution in [3.05, 3.63) is 72.6 Å². The lowest BCUT2D eigenvalue weighted by Gasteiger charge is -2.19. The molecule has 0 radical (unpaired) electrons. The molecule has 0 fully saturated rings. The molecule has 4 nitrogen and oxygen atoms in total. The van der Waals surface area contributed by atoms with E-state index in [0.29, 0.717) is 5.92 Å². The molecule has 0 aliphatic carbocycles. The fourth-order valence-electron chi connectivity index (χ4n) is 3.12. The van der Waals surface area contributed by atoms with E-state index in [-0.39, 0.29) is 6.04 Å². The first-order valence-electron chi connectivity index (χ1n) is 9.76. The number of benzene rings is 2. The number of hydrogen-bond donors (Lipinski definition) is 1. The maximum absolute atomic E-state index is 5.90. The average molecular weight is 364 g/mol. The van der Waals surface area contributed by atoms with Gasteiger partial charge in [-0.15, -0.1) is 0 Å². The summed E-state index contributed by atoms with van der Waals surface area (Å²) in [7, 11) is 0. The number of aromatic nitrogens is 2. The van der Waals surface area contributed by atoms with E-state index < -0.39 is 0 Å². The maximum atomic E-state index is 5.90. The quantitative estimate of drug-likeness (QED) is 0.486. The predicted octanol–water partition coefficient (Wildman–Crippen LogP) is 6.28. The van der Waals surface area contributed by atoms with Gasteiger partial charge in [0, 0.05) is 12.7 Å². The Hall–Kier alpha value is -2.75. The first-order valence-corrected chi connectivity index (χ1v) is 9.76. The van der Waals surface area contributed by atoms with Gasteiger partial charge in [0.15, 0.2) is 0 Å². The van der Waals surface area contributed by atoms with E-state index >= 15 is 0 Å². The molecule has 3 aromatic rings. The van der Waals surface area contributed by atoms with Crippen LogP contribution in [0, 0.1) is 5.92 Å². The third kappa shape index (κ3) is 5.61. The van der Waals surface area contributed by atoms with Gasteiger partial charge < -0.3 is 10.1 Å². The summed E-state index contributed by atoms with van der Waals surface area (Å²) in [6.45, 7) is 7.55. The molecule has 1 aromatic heterocycles. The molecule has 27 heavy (non-hydrogen) atoms. The van der Waals surface area contributed by atoms with Gasteiger partial charge in [0.1, 0.15) is 11.5 Å². The minimum absolute atomic E-state index is 0.262. The van der Waals surface area contributed by atoms with Crippen molar-refractivity contribution < 1.29 is 4.74 Å². The number of rotatable bonds is 9. The maximum Gasteiger partial charge on any atom is 0.127 e. The third-order valence-electron chi connectivity index (χ3n) is 4.37. The fourth-order valence-corrected chi connectivity index (χ4v) is 3.12. The molecule has 142 valence electrons. The lowest BCUT2D eigenvalue weighted by atomic mass is 10.0. The van der Waals surface area contributed by atoms with Crippen LogP contribution in [0.4, 0.5) is 5.69 Å². The lowest BCUT2D eigenvalue weighted by Crippen LogP contribution is -2.10. The summed E-state index contributed by atoms with van der Waals surface area (Å²) in [5.41, 5.74) is 2.33. The Kier molecular flexibility index (Phi) is 6.53. The highest BCUT2D eigenvalue weighted by Crippen LogP contribution is 2.27. The van der Waals surface area contributed by atoms with E-state index in [1.807, 2.05) is 53.3 Å². The highest BCUT2D eigenvalue weighted by Gasteiger charge is 2.12. The minimum Gasteiger partial charge on any atom is -0.457 e. The molecule has 4 heteroatoms. The van der Waals surface area contributed by atoms with Crippen molar-refractivity contribution in [1.29, 1.82) is 0 Å². The smallest absolute Gasteiger partial charge is 0.127 e. The Labute approximate surface area is 162 Å². The second kappa shape index (κ2) is 9.26. The number of anilines is 1. The predicted molar refractivity (Wildman–Crippen MR) is 111 cm³/mol. The zero-order valence-corrected chi connectivity index (χ0v) is 16.4. The van der Waals surface area contributed by atoms with Crippen LogP contribution >= 0.6 is 0 Å². The molecule has 0 saturated heterocycles. The van der Waals surface area contributed by atoms with E-state index in [1.54, 1.807) is 0 Å². The van der Waals surface area contributed by atoms with E-state index in [4.69, 9.17) is 4.74 Å². The van der Waals surface area contributed by atoms with E-state index in [9.17, 15) is 0 Å². The second-order valence-electron chi connectivity index (χ2n) is 7.31. The molecular formula is C23H29N3O. The van der Waals surface area contributed by atoms with Gasteiger partial charge >= 0.3 is 0 Å². The molecule has 3 rings (SSSR count). The largest absolute Gasteiger partial charge is 0.457 e. The normalized spacial score (nSPS) is 12.1. The van der Waals surface area contributed by atoms with Crippen molar-refractivity contribution in [1.82, 2.24) is 9.78 Å². The van der Waals surface area contributed by atoms with Crippen LogP contribution in [0.2, 0.25) is 0 Å². The first kappa shape index (κ1) is 19.0. The molecule has 0 spiro atoms. The molecule has 0 bridgehead atoms. The number of ether oxygens (including phenoxy) is 1. The van der Waals surface area contributed by atoms with Gasteiger partial charge in [-0.2, -0.15) is 5.10 Å². The Morgan fingerprint density at radius 2 is 1.70 bits per heavy atom. The number of hydrogen-bond acceptors (Lipinski definition) is 3. The minimum atomic E-state index is 0.262. The van der Waals surface area contributed by atoms with Gasteiger partial charge in [0.2, 0.25) is 0 Å². The summed E-state index contributed by atoms with van der Waals surface area (Å²) in [6.07, 6.45) is 6.18. The fraction of sp³-hybridized carbons (Fsp3) is 0.348. The standard InChI is InChI=1S/C23H29N3O/c1-4-8-23(25-20-15-24-26(17-20)16-18(2)3)19-11-13-22(14-12-19)27-21-9-6-5-7-10-21/h5-7,9-15,17-18,23,25H,4,8,16H2,1-3H3. The molecule has 1 unspecified atom stereocenters. The monoisotopic (exact) mass is 363 g/mol. The van der Waals surface area contributed by atoms with E-state index in [1.165, 1.54) is 5.56 Å². The summed E-state index contributed by atoms with van der Waals surface area (Å²) in [4.78, 5) is 0. The number of para-hydroxylation sites is 1. The Bertz CT molecular complexity index is 809. The topological polar surface area (TPSA) is 39.1 Å². The molecule has 1 atom stereocenters. The van der Waals surface area contributed by atoms with Gasteiger partial charge in [-0.25, -0.2) is 0 Å². The van der Waals surface area contributed by atoms with Crippen molar-refractivity contribution in [2.75, 3.05) is 5.32 Å². The molecule has 0 aliphatic heterocycles. The van der Waals surface area contributed by atoms with Gasteiger partial charge in [-0.1, -0.05) is 57.5 Å². The summed E-state index contributed by atoms with van der Waals surface area (Å²) in [5.74, 6) is 2.29. The van der Waals surface area contributed by atoms with Crippen LogP contribution in [0.1, 0.15) is 45.2 Å². The van der Waals surface area contributed by atoms with Crippen LogP contribution in [-0.2, 0) is 6.54 Å². The molecule has 2 aromatic carbocycles. The number of nitrogens with zero attached hydrogens (tertiary/aromatic N) is 2. The Balaban J connectivity index is 1.68. The van der Waals surface area contributed by atoms with Gasteiger partial charge in [-0.3, -0.25) is 4.68 Å². The Morgan fingerprint density at radius 1 is 1.00 bits per heavy atom. The van der Waals surface area contributed by atoms with Crippen molar-refractivity contribution in [3.8, 4) is 11.5 Å². The van der Waals surface area contributed by atoms with E-state index in [2.05, 4.69) is 49.5 Å². The first-order chi connectivity index (χ1) is 13.1. The SMILES string of the molecule is CCCC(Nc1cnn(CC(C)C)c1)c1ccc(Oc2ccccc2)cc1. The molecule has 1 N–H and O–H groups in total. The van der Waals surface area contributed by atoms with Crippen molar-refractivity contribution in [2.24, 2.45) is 5.92 Å². The van der Waals surface area contributed by atoms with Crippen LogP contribution in [0.3, 0.4) is 0 Å². The molecule has 0 saturated carbocycles. The summed E-state index contributed by atoms with van der Waals surface area (Å²) in [6, 6.07) is 18.5. The van der Waals surface area contributed by atoms with Crippen molar-refractivity contribution in [2.45, 2.75) is 46.2 Å². The van der Waals surface area contributed by atoms with Crippen molar-refractivity contribution >= 4 is 5.69 Å². The third-order valence-corrected chi connectivity index (χ3v) is 4.37. The van der Waals surface area contributed by atoms with Crippen LogP contribution in [0.5, 0.6) is 11.5 Å². The number of nitrogens with one attached hydrogen (secondary N) is 1. The molecule has 0 aliphatic rings. The molecule has 1 heterocycles. The van der Waals surface area contributed by atoms with Gasteiger partial charge in [0.05, 0.1) is 17.9 Å². The zero-order chi connectivity index (χ0) is 19.1. The lowest BCUT2D eigenvalue weighted by molar-refractivity contribution is 0.482. The van der Waals surface area contributed by atoms with Crippen molar-refractivity contribution in [3.63, 3.8) is 0 Å². The average Bonchev–Trinajstić information content (AvgIpc) is 3.09. The van der Waals surface area contributed by atoms with Crippen LogP contribution in [0.25, 0.3) is 0 Å². The zero-order valence-electron chi connectivity index (χ0n) is 16.4. The summed E-state index contributed by atoms with van der Waals surface area (Å²) < 4.78 is 7.90. The van der Waals surface area contributed by atoms with Crippen LogP contribution in [-0.4, -0.2) is 9.78 Å². The summed E-state index contributed by atoms with van der Waals surface area (Å²) >= 11 is 0. The molecule has 0 amide bonds. The van der Waals surface area contributed by atoms with Gasteiger partial charge in [0.25, 0.3) is 0 Å². The van der Waals surface area contributed by atoms with Gasteiger partial charge in [-0.05, 0) is 42.2 Å². The highest BCUT2D eigenvalue weighted by atomic mass is 16.5. The second-order valence-corrected chi connectivity index (χ2v) is 7.31. The Morgan fingerprint density at radius 3 is 2.37 bits per heavy atom. The van der Waals surface area contributed by atoms with Crippen LogP contribution < -0.4 is 10.1 Å². The summed E-state index contributed by atoms with van der Waals surface area (Å²) in [5, 5.41) is 8.09. The highest BCUT2D eigenvalue weighted by molar-refractivity contribution is 5.43. The van der Waals surface area contributed by atoms with Crippen LogP contribution in [0.15, 0.2) is 67.0 Å². The van der Waals surface area contributed by atoms with E-state index in [0.717, 1.165) is 36.6 Å². The molecular weight excluding hydrogens is 334 g/mol.